The zero-order chi connectivity index (χ0) is 18.5. The highest BCUT2D eigenvalue weighted by molar-refractivity contribution is 6.32. The van der Waals surface area contributed by atoms with Gasteiger partial charge in [0.15, 0.2) is 0 Å². The van der Waals surface area contributed by atoms with Crippen LogP contribution in [0.4, 0.5) is 0 Å². The molecule has 1 amide bonds. The van der Waals surface area contributed by atoms with Gasteiger partial charge in [-0.2, -0.15) is 0 Å². The Bertz CT molecular complexity index is 905. The first-order valence-corrected chi connectivity index (χ1v) is 9.03. The summed E-state index contributed by atoms with van der Waals surface area (Å²) in [5, 5.41) is 3.52. The Kier molecular flexibility index (Phi) is 5.78. The van der Waals surface area contributed by atoms with E-state index in [-0.39, 0.29) is 11.8 Å². The zero-order valence-electron chi connectivity index (χ0n) is 14.9. The largest absolute Gasteiger partial charge is 0.490 e. The molecule has 0 fully saturated rings. The molecule has 6 heteroatoms. The Morgan fingerprint density at radius 1 is 1.19 bits per heavy atom. The maximum absolute atomic E-state index is 11.9. The van der Waals surface area contributed by atoms with Gasteiger partial charge in [-0.1, -0.05) is 49.7 Å². The summed E-state index contributed by atoms with van der Waals surface area (Å²) in [6.45, 7) is 5.19. The van der Waals surface area contributed by atoms with E-state index in [1.165, 1.54) is 0 Å². The van der Waals surface area contributed by atoms with Gasteiger partial charge in [-0.25, -0.2) is 4.98 Å². The van der Waals surface area contributed by atoms with Gasteiger partial charge in [0.05, 0.1) is 29.1 Å². The Balaban J connectivity index is 1.76. The van der Waals surface area contributed by atoms with Crippen molar-refractivity contribution in [1.29, 1.82) is 0 Å². The molecule has 0 bridgehead atoms. The Morgan fingerprint density at radius 3 is 2.69 bits per heavy atom. The normalized spacial score (nSPS) is 11.1. The van der Waals surface area contributed by atoms with Crippen LogP contribution < -0.4 is 10.1 Å². The van der Waals surface area contributed by atoms with Crippen LogP contribution in [0.3, 0.4) is 0 Å². The molecule has 0 atom stereocenters. The van der Waals surface area contributed by atoms with Gasteiger partial charge in [0.1, 0.15) is 18.2 Å². The molecule has 26 heavy (non-hydrogen) atoms. The van der Waals surface area contributed by atoms with Crippen molar-refractivity contribution in [1.82, 2.24) is 14.9 Å². The first-order chi connectivity index (χ1) is 12.6. The summed E-state index contributed by atoms with van der Waals surface area (Å²) in [5.74, 6) is 1.42. The number of amides is 1. The average molecular weight is 372 g/mol. The summed E-state index contributed by atoms with van der Waals surface area (Å²) >= 11 is 6.13. The molecule has 3 rings (SSSR count). The van der Waals surface area contributed by atoms with Crippen LogP contribution in [0.1, 0.15) is 19.7 Å². The first-order valence-electron chi connectivity index (χ1n) is 8.65. The van der Waals surface area contributed by atoms with Crippen molar-refractivity contribution in [2.75, 3.05) is 6.61 Å². The van der Waals surface area contributed by atoms with E-state index < -0.39 is 0 Å². The van der Waals surface area contributed by atoms with Crippen LogP contribution in [-0.4, -0.2) is 22.1 Å². The lowest BCUT2D eigenvalue weighted by Gasteiger charge is -2.12. The minimum Gasteiger partial charge on any atom is -0.490 e. The van der Waals surface area contributed by atoms with E-state index in [0.29, 0.717) is 30.5 Å². The number of imidazole rings is 1. The molecule has 2 aromatic carbocycles. The zero-order valence-corrected chi connectivity index (χ0v) is 15.7. The number of hydrogen-bond donors (Lipinski definition) is 1. The van der Waals surface area contributed by atoms with Crippen molar-refractivity contribution >= 4 is 28.5 Å². The van der Waals surface area contributed by atoms with E-state index in [9.17, 15) is 4.79 Å². The lowest BCUT2D eigenvalue weighted by atomic mass is 10.2. The molecular formula is C20H22ClN3O2. The summed E-state index contributed by atoms with van der Waals surface area (Å²) in [6.07, 6.45) is 0. The van der Waals surface area contributed by atoms with Crippen molar-refractivity contribution < 1.29 is 9.53 Å². The molecule has 0 aliphatic rings. The Labute approximate surface area is 157 Å². The fourth-order valence-electron chi connectivity index (χ4n) is 2.69. The van der Waals surface area contributed by atoms with Gasteiger partial charge in [0, 0.05) is 5.92 Å². The molecule has 1 N–H and O–H groups in total. The van der Waals surface area contributed by atoms with E-state index in [0.717, 1.165) is 16.9 Å². The van der Waals surface area contributed by atoms with E-state index in [1.54, 1.807) is 6.07 Å². The van der Waals surface area contributed by atoms with Gasteiger partial charge in [0.2, 0.25) is 5.91 Å². The highest BCUT2D eigenvalue weighted by atomic mass is 35.5. The topological polar surface area (TPSA) is 56.2 Å². The lowest BCUT2D eigenvalue weighted by Crippen LogP contribution is -2.28. The Hall–Kier alpha value is -2.53. The van der Waals surface area contributed by atoms with E-state index in [2.05, 4.69) is 14.9 Å². The molecular weight excluding hydrogens is 350 g/mol. The van der Waals surface area contributed by atoms with E-state index in [1.807, 2.05) is 56.3 Å². The van der Waals surface area contributed by atoms with Crippen LogP contribution >= 0.6 is 11.6 Å². The smallest absolute Gasteiger partial charge is 0.222 e. The van der Waals surface area contributed by atoms with Crippen LogP contribution in [0.2, 0.25) is 5.02 Å². The summed E-state index contributed by atoms with van der Waals surface area (Å²) < 4.78 is 7.89. The lowest BCUT2D eigenvalue weighted by molar-refractivity contribution is -0.124. The number of para-hydroxylation sites is 3. The number of benzene rings is 2. The Morgan fingerprint density at radius 2 is 1.92 bits per heavy atom. The first kappa shape index (κ1) is 18.3. The van der Waals surface area contributed by atoms with E-state index >= 15 is 0 Å². The van der Waals surface area contributed by atoms with Crippen molar-refractivity contribution in [3.8, 4) is 5.75 Å². The van der Waals surface area contributed by atoms with Crippen LogP contribution in [0.15, 0.2) is 48.5 Å². The highest BCUT2D eigenvalue weighted by Crippen LogP contribution is 2.23. The van der Waals surface area contributed by atoms with Crippen molar-refractivity contribution in [3.63, 3.8) is 0 Å². The van der Waals surface area contributed by atoms with E-state index in [4.69, 9.17) is 16.3 Å². The van der Waals surface area contributed by atoms with Crippen LogP contribution in [0.25, 0.3) is 11.0 Å². The van der Waals surface area contributed by atoms with Crippen molar-refractivity contribution in [3.05, 3.63) is 59.4 Å². The second-order valence-electron chi connectivity index (χ2n) is 6.32. The molecule has 0 spiro atoms. The molecule has 0 saturated carbocycles. The van der Waals surface area contributed by atoms with Crippen LogP contribution in [0, 0.1) is 5.92 Å². The van der Waals surface area contributed by atoms with Gasteiger partial charge < -0.3 is 14.6 Å². The van der Waals surface area contributed by atoms with Gasteiger partial charge >= 0.3 is 0 Å². The number of halogens is 1. The van der Waals surface area contributed by atoms with Gasteiger partial charge in [-0.3, -0.25) is 4.79 Å². The molecule has 0 aliphatic carbocycles. The molecule has 0 unspecified atom stereocenters. The van der Waals surface area contributed by atoms with Crippen LogP contribution in [-0.2, 0) is 17.9 Å². The van der Waals surface area contributed by atoms with Crippen molar-refractivity contribution in [2.24, 2.45) is 5.92 Å². The minimum absolute atomic E-state index is 0.0101. The maximum Gasteiger partial charge on any atom is 0.222 e. The molecule has 0 aliphatic heterocycles. The molecule has 1 heterocycles. The summed E-state index contributed by atoms with van der Waals surface area (Å²) in [5.41, 5.74) is 1.92. The summed E-state index contributed by atoms with van der Waals surface area (Å²) in [7, 11) is 0. The number of hydrogen-bond acceptors (Lipinski definition) is 3. The number of nitrogens with zero attached hydrogens (tertiary/aromatic N) is 2. The highest BCUT2D eigenvalue weighted by Gasteiger charge is 2.13. The third-order valence-electron chi connectivity index (χ3n) is 4.09. The minimum atomic E-state index is -0.0589. The number of nitrogens with one attached hydrogen (secondary N) is 1. The molecule has 3 aromatic rings. The van der Waals surface area contributed by atoms with Gasteiger partial charge in [0.25, 0.3) is 0 Å². The van der Waals surface area contributed by atoms with Crippen molar-refractivity contribution in [2.45, 2.75) is 26.9 Å². The fraction of sp³-hybridized carbons (Fsp3) is 0.300. The second kappa shape index (κ2) is 8.23. The SMILES string of the molecule is CC(C)C(=O)NCc1nc2ccccc2n1CCOc1ccccc1Cl. The number of ether oxygens (including phenoxy) is 1. The second-order valence-corrected chi connectivity index (χ2v) is 6.73. The van der Waals surface area contributed by atoms with Gasteiger partial charge in [-0.05, 0) is 24.3 Å². The summed E-state index contributed by atoms with van der Waals surface area (Å²) in [4.78, 5) is 16.5. The molecule has 5 nitrogen and oxygen atoms in total. The third kappa shape index (κ3) is 4.17. The van der Waals surface area contributed by atoms with Gasteiger partial charge in [-0.15, -0.1) is 0 Å². The average Bonchev–Trinajstić information content (AvgIpc) is 2.99. The molecule has 0 saturated heterocycles. The predicted molar refractivity (Wildman–Crippen MR) is 103 cm³/mol. The molecule has 0 radical (unpaired) electrons. The monoisotopic (exact) mass is 371 g/mol. The fourth-order valence-corrected chi connectivity index (χ4v) is 2.88. The predicted octanol–water partition coefficient (Wildman–Crippen LogP) is 4.04. The van der Waals surface area contributed by atoms with Crippen LogP contribution in [0.5, 0.6) is 5.75 Å². The summed E-state index contributed by atoms with van der Waals surface area (Å²) in [6, 6.07) is 15.3. The number of aromatic nitrogens is 2. The number of rotatable bonds is 7. The quantitative estimate of drug-likeness (QED) is 0.681. The number of carbonyl (C=O) groups excluding carboxylic acids is 1. The number of fused-ring (bicyclic) bond motifs is 1. The number of carbonyl (C=O) groups is 1. The maximum atomic E-state index is 11.9. The standard InChI is InChI=1S/C20H22ClN3O2/c1-14(2)20(25)22-13-19-23-16-8-4-5-9-17(16)24(19)11-12-26-18-10-6-3-7-15(18)21/h3-10,14H,11-13H2,1-2H3,(H,22,25). The molecule has 136 valence electrons. The molecule has 1 aromatic heterocycles. The third-order valence-corrected chi connectivity index (χ3v) is 4.40.